The highest BCUT2D eigenvalue weighted by Gasteiger charge is 2.48. The van der Waals surface area contributed by atoms with E-state index in [1.165, 1.54) is 48.9 Å². The number of ether oxygens (including phenoxy) is 1. The monoisotopic (exact) mass is 463 g/mol. The smallest absolute Gasteiger partial charge is 0.309 e. The maximum absolute atomic E-state index is 12.5. The van der Waals surface area contributed by atoms with Gasteiger partial charge in [-0.2, -0.15) is 10.6 Å². The number of benzene rings is 1. The third-order valence-electron chi connectivity index (χ3n) is 8.88. The zero-order valence-electron chi connectivity index (χ0n) is 20.2. The van der Waals surface area contributed by atoms with E-state index in [1.54, 1.807) is 0 Å². The Morgan fingerprint density at radius 1 is 1.09 bits per heavy atom. The average molecular weight is 464 g/mol. The van der Waals surface area contributed by atoms with Crippen molar-refractivity contribution in [1.82, 2.24) is 15.3 Å². The predicted octanol–water partition coefficient (Wildman–Crippen LogP) is 4.45. The lowest BCUT2D eigenvalue weighted by atomic mass is 9.54. The van der Waals surface area contributed by atoms with Crippen molar-refractivity contribution >= 4 is 5.97 Å². The molecule has 0 radical (unpaired) electrons. The summed E-state index contributed by atoms with van der Waals surface area (Å²) in [5.74, 6) is 3.30. The Hall–Kier alpha value is -2.18. The Bertz CT molecular complexity index is 989. The lowest BCUT2D eigenvalue weighted by Gasteiger charge is -2.54. The summed E-state index contributed by atoms with van der Waals surface area (Å²) < 4.78 is 7.48. The summed E-state index contributed by atoms with van der Waals surface area (Å²) in [5, 5.41) is 5.00. The van der Waals surface area contributed by atoms with Crippen molar-refractivity contribution in [3.05, 3.63) is 52.8 Å². The number of rotatable bonds is 8. The van der Waals surface area contributed by atoms with Gasteiger partial charge in [-0.1, -0.05) is 30.3 Å². The first-order chi connectivity index (χ1) is 16.7. The second-order valence-corrected chi connectivity index (χ2v) is 11.1. The maximum atomic E-state index is 12.5. The minimum atomic E-state index is -0.0852. The van der Waals surface area contributed by atoms with E-state index in [0.717, 1.165) is 48.8 Å². The van der Waals surface area contributed by atoms with Gasteiger partial charge in [-0.05, 0) is 93.1 Å². The van der Waals surface area contributed by atoms with Gasteiger partial charge in [0.15, 0.2) is 0 Å². The molecule has 4 fully saturated rings. The molecular formula is C28H37N3O3. The van der Waals surface area contributed by atoms with Crippen LogP contribution in [-0.4, -0.2) is 28.4 Å². The fourth-order valence-corrected chi connectivity index (χ4v) is 7.55. The molecule has 4 saturated carbocycles. The van der Waals surface area contributed by atoms with Gasteiger partial charge in [0.1, 0.15) is 6.61 Å². The molecule has 6 nitrogen and oxygen atoms in total. The first kappa shape index (κ1) is 22.3. The van der Waals surface area contributed by atoms with Crippen LogP contribution in [0.3, 0.4) is 0 Å². The van der Waals surface area contributed by atoms with Crippen molar-refractivity contribution in [3.63, 3.8) is 0 Å². The Labute approximate surface area is 202 Å². The van der Waals surface area contributed by atoms with Crippen molar-refractivity contribution in [2.75, 3.05) is 6.61 Å². The number of nitrogens with one attached hydrogen (secondary N) is 1. The molecule has 5 aliphatic carbocycles. The summed E-state index contributed by atoms with van der Waals surface area (Å²) in [6.07, 6.45) is 9.31. The van der Waals surface area contributed by atoms with Crippen molar-refractivity contribution < 1.29 is 14.4 Å². The van der Waals surface area contributed by atoms with E-state index in [1.807, 2.05) is 13.0 Å². The molecule has 0 aliphatic heterocycles. The Kier molecular flexibility index (Phi) is 6.20. The summed E-state index contributed by atoms with van der Waals surface area (Å²) in [6, 6.07) is 11.0. The number of carbonyl (C=O) groups is 1. The third kappa shape index (κ3) is 4.31. The van der Waals surface area contributed by atoms with Gasteiger partial charge in [-0.15, -0.1) is 0 Å². The molecule has 0 saturated heterocycles. The minimum Gasteiger partial charge on any atom is -0.466 e. The molecule has 0 amide bonds. The molecule has 0 spiro atoms. The van der Waals surface area contributed by atoms with Gasteiger partial charge in [-0.25, -0.2) is 0 Å². The predicted molar refractivity (Wildman–Crippen MR) is 129 cm³/mol. The number of nitrogens with zero attached hydrogens (tertiary/aromatic N) is 2. The number of hydrogen-bond acceptors (Lipinski definition) is 5. The summed E-state index contributed by atoms with van der Waals surface area (Å²) in [5.41, 5.74) is 8.13. The van der Waals surface area contributed by atoms with Crippen LogP contribution in [-0.2, 0) is 40.4 Å². The van der Waals surface area contributed by atoms with Gasteiger partial charge < -0.3 is 4.74 Å². The summed E-state index contributed by atoms with van der Waals surface area (Å²) in [7, 11) is 0. The van der Waals surface area contributed by atoms with E-state index >= 15 is 0 Å². The molecule has 1 N–H and O–H groups in total. The highest BCUT2D eigenvalue weighted by Crippen LogP contribution is 2.53. The molecule has 1 aromatic carbocycles. The Morgan fingerprint density at radius 3 is 2.53 bits per heavy atom. The highest BCUT2D eigenvalue weighted by atomic mass is 16.6. The van der Waals surface area contributed by atoms with Gasteiger partial charge in [-0.3, -0.25) is 14.3 Å². The minimum absolute atomic E-state index is 0.0810. The first-order valence-electron chi connectivity index (χ1n) is 13.3. The van der Waals surface area contributed by atoms with Crippen LogP contribution in [0.5, 0.6) is 0 Å². The number of hydrogen-bond donors (Lipinski definition) is 1. The van der Waals surface area contributed by atoms with Crippen molar-refractivity contribution in [1.29, 1.82) is 0 Å². The zero-order valence-corrected chi connectivity index (χ0v) is 20.2. The average Bonchev–Trinajstić information content (AvgIpc) is 3.17. The van der Waals surface area contributed by atoms with E-state index in [2.05, 4.69) is 34.4 Å². The van der Waals surface area contributed by atoms with E-state index < -0.39 is 0 Å². The molecular weight excluding hydrogens is 426 g/mol. The van der Waals surface area contributed by atoms with Gasteiger partial charge in [0.25, 0.3) is 0 Å². The van der Waals surface area contributed by atoms with E-state index in [4.69, 9.17) is 14.7 Å². The van der Waals surface area contributed by atoms with Gasteiger partial charge in [0, 0.05) is 11.7 Å². The molecule has 1 unspecified atom stereocenters. The van der Waals surface area contributed by atoms with Crippen molar-refractivity contribution in [2.45, 2.75) is 77.5 Å². The van der Waals surface area contributed by atoms with Crippen LogP contribution in [0.1, 0.15) is 68.0 Å². The SMILES string of the molecule is CCOC(=O)C1CCc2c(c(CONC3C4CC5CC(C4)CC3C5)nn2Cc2ccccc2)C1. The van der Waals surface area contributed by atoms with Crippen molar-refractivity contribution in [3.8, 4) is 0 Å². The zero-order chi connectivity index (χ0) is 23.1. The number of esters is 1. The maximum Gasteiger partial charge on any atom is 0.309 e. The Morgan fingerprint density at radius 2 is 1.82 bits per heavy atom. The van der Waals surface area contributed by atoms with E-state index in [0.29, 0.717) is 25.7 Å². The van der Waals surface area contributed by atoms with Crippen LogP contribution in [0, 0.1) is 29.6 Å². The summed E-state index contributed by atoms with van der Waals surface area (Å²) in [4.78, 5) is 18.7. The molecule has 6 heteroatoms. The van der Waals surface area contributed by atoms with Crippen LogP contribution in [0.15, 0.2) is 30.3 Å². The second kappa shape index (κ2) is 9.46. The molecule has 4 bridgehead atoms. The summed E-state index contributed by atoms with van der Waals surface area (Å²) >= 11 is 0. The normalized spacial score (nSPS) is 31.4. The molecule has 182 valence electrons. The molecule has 34 heavy (non-hydrogen) atoms. The van der Waals surface area contributed by atoms with E-state index in [9.17, 15) is 4.79 Å². The third-order valence-corrected chi connectivity index (χ3v) is 8.88. The molecule has 1 atom stereocenters. The number of carbonyl (C=O) groups excluding carboxylic acids is 1. The Balaban J connectivity index is 1.17. The highest BCUT2D eigenvalue weighted by molar-refractivity contribution is 5.73. The molecule has 7 rings (SSSR count). The lowest BCUT2D eigenvalue weighted by molar-refractivity contribution is -0.148. The largest absolute Gasteiger partial charge is 0.466 e. The van der Waals surface area contributed by atoms with Crippen molar-refractivity contribution in [2.24, 2.45) is 29.6 Å². The molecule has 2 aromatic rings. The fourth-order valence-electron chi connectivity index (χ4n) is 7.55. The quantitative estimate of drug-likeness (QED) is 0.463. The van der Waals surface area contributed by atoms with Gasteiger partial charge in [0.05, 0.1) is 24.8 Å². The number of hydroxylamine groups is 1. The molecule has 1 heterocycles. The summed E-state index contributed by atoms with van der Waals surface area (Å²) in [6.45, 7) is 3.50. The second-order valence-electron chi connectivity index (χ2n) is 11.1. The van der Waals surface area contributed by atoms with Gasteiger partial charge in [0.2, 0.25) is 0 Å². The topological polar surface area (TPSA) is 65.4 Å². The number of aromatic nitrogens is 2. The molecule has 5 aliphatic rings. The van der Waals surface area contributed by atoms with Crippen LogP contribution in [0.4, 0.5) is 0 Å². The lowest BCUT2D eigenvalue weighted by Crippen LogP contribution is -2.54. The van der Waals surface area contributed by atoms with E-state index in [-0.39, 0.29) is 11.9 Å². The molecule has 1 aromatic heterocycles. The number of fused-ring (bicyclic) bond motifs is 1. The van der Waals surface area contributed by atoms with Gasteiger partial charge >= 0.3 is 5.97 Å². The van der Waals surface area contributed by atoms with Crippen LogP contribution < -0.4 is 5.48 Å². The van der Waals surface area contributed by atoms with Crippen LogP contribution >= 0.6 is 0 Å². The van der Waals surface area contributed by atoms with Crippen LogP contribution in [0.2, 0.25) is 0 Å². The first-order valence-corrected chi connectivity index (χ1v) is 13.3. The standard InChI is InChI=1S/C28H37N3O3/c1-2-33-28(32)21-8-9-26-24(15-21)25(29-31(26)16-18-6-4-3-5-7-18)17-34-30-27-22-11-19-10-20(13-22)14-23(27)12-19/h3-7,19-23,27,30H,2,8-17H2,1H3. The van der Waals surface area contributed by atoms with Crippen LogP contribution in [0.25, 0.3) is 0 Å². The fraction of sp³-hybridized carbons (Fsp3) is 0.643.